The highest BCUT2D eigenvalue weighted by Gasteiger charge is 2.36. The van der Waals surface area contributed by atoms with Crippen molar-refractivity contribution >= 4 is 16.0 Å². The van der Waals surface area contributed by atoms with Crippen LogP contribution in [0, 0.1) is 6.92 Å². The molecule has 1 fully saturated rings. The average Bonchev–Trinajstić information content (AvgIpc) is 3.25. The van der Waals surface area contributed by atoms with E-state index >= 15 is 0 Å². The summed E-state index contributed by atoms with van der Waals surface area (Å²) in [6.45, 7) is 10.2. The monoisotopic (exact) mass is 530 g/mol. The molecule has 9 heteroatoms. The van der Waals surface area contributed by atoms with Crippen LogP contribution in [0.1, 0.15) is 47.7 Å². The Hall–Kier alpha value is -2.88. The average molecular weight is 531 g/mol. The Balaban J connectivity index is 1.67. The van der Waals surface area contributed by atoms with E-state index < -0.39 is 10.1 Å². The Morgan fingerprint density at radius 2 is 1.92 bits per heavy atom. The van der Waals surface area contributed by atoms with Gasteiger partial charge in [-0.2, -0.15) is 8.42 Å². The molecule has 1 atom stereocenters. The van der Waals surface area contributed by atoms with E-state index in [1.807, 2.05) is 13.0 Å². The van der Waals surface area contributed by atoms with Gasteiger partial charge in [-0.1, -0.05) is 23.8 Å². The number of nitrogens with one attached hydrogen (secondary N) is 1. The number of aryl methyl sites for hydroxylation is 2. The summed E-state index contributed by atoms with van der Waals surface area (Å²) in [7, 11) is -0.802. The van der Waals surface area contributed by atoms with Crippen molar-refractivity contribution in [1.29, 1.82) is 0 Å². The summed E-state index contributed by atoms with van der Waals surface area (Å²) < 4.78 is 41.1. The molecule has 2 aromatic carbocycles. The first-order valence-corrected chi connectivity index (χ1v) is 13.9. The van der Waals surface area contributed by atoms with Crippen LogP contribution in [0.4, 0.5) is 0 Å². The first-order valence-electron chi connectivity index (χ1n) is 12.5. The van der Waals surface area contributed by atoms with E-state index in [4.69, 9.17) is 13.7 Å². The third-order valence-electron chi connectivity index (χ3n) is 6.83. The number of methoxy groups -OCH3 is 2. The van der Waals surface area contributed by atoms with Crippen LogP contribution in [0.2, 0.25) is 0 Å². The lowest BCUT2D eigenvalue weighted by Gasteiger charge is -2.34. The van der Waals surface area contributed by atoms with Gasteiger partial charge in [-0.3, -0.25) is 13.9 Å². The number of benzene rings is 2. The van der Waals surface area contributed by atoms with Crippen LogP contribution in [-0.4, -0.2) is 65.2 Å². The molecule has 0 aliphatic carbocycles. The molecule has 1 aliphatic heterocycles. The first kappa shape index (κ1) is 28.7. The van der Waals surface area contributed by atoms with Crippen LogP contribution in [0.3, 0.4) is 0 Å². The van der Waals surface area contributed by atoms with Crippen molar-refractivity contribution in [2.75, 3.05) is 40.5 Å². The van der Waals surface area contributed by atoms with E-state index in [0.717, 1.165) is 37.1 Å². The maximum Gasteiger partial charge on any atom is 0.296 e. The number of hydrogen-bond acceptors (Lipinski definition) is 7. The van der Waals surface area contributed by atoms with Gasteiger partial charge in [0.05, 0.1) is 31.3 Å². The molecule has 1 aliphatic rings. The number of nitrogens with zero attached hydrogens (tertiary/aromatic N) is 1. The van der Waals surface area contributed by atoms with Crippen molar-refractivity contribution in [2.45, 2.75) is 50.0 Å². The number of hydrogen-bond donors (Lipinski definition) is 1. The van der Waals surface area contributed by atoms with Gasteiger partial charge in [0.2, 0.25) is 0 Å². The van der Waals surface area contributed by atoms with Crippen LogP contribution in [0.25, 0.3) is 0 Å². The minimum absolute atomic E-state index is 0.0174. The van der Waals surface area contributed by atoms with Gasteiger partial charge in [0, 0.05) is 18.6 Å². The zero-order chi connectivity index (χ0) is 27.1. The lowest BCUT2D eigenvalue weighted by atomic mass is 9.98. The number of rotatable bonds is 13. The largest absolute Gasteiger partial charge is 0.493 e. The van der Waals surface area contributed by atoms with E-state index in [-0.39, 0.29) is 22.9 Å². The predicted octanol–water partition coefficient (Wildman–Crippen LogP) is 4.12. The molecule has 37 heavy (non-hydrogen) atoms. The summed E-state index contributed by atoms with van der Waals surface area (Å²) in [5.74, 6) is 0.557. The van der Waals surface area contributed by atoms with Gasteiger partial charge in [-0.25, -0.2) is 0 Å². The van der Waals surface area contributed by atoms with Crippen molar-refractivity contribution in [3.8, 4) is 11.5 Å². The van der Waals surface area contributed by atoms with Gasteiger partial charge in [-0.15, -0.1) is 6.58 Å². The molecule has 1 saturated heterocycles. The van der Waals surface area contributed by atoms with Gasteiger partial charge >= 0.3 is 0 Å². The van der Waals surface area contributed by atoms with Crippen LogP contribution in [-0.2, 0) is 20.7 Å². The Kier molecular flexibility index (Phi) is 9.75. The quantitative estimate of drug-likeness (QED) is 0.237. The van der Waals surface area contributed by atoms with Crippen LogP contribution < -0.4 is 14.8 Å². The van der Waals surface area contributed by atoms with Crippen LogP contribution >= 0.6 is 0 Å². The van der Waals surface area contributed by atoms with Crippen molar-refractivity contribution < 1.29 is 26.9 Å². The summed E-state index contributed by atoms with van der Waals surface area (Å²) in [5.41, 5.74) is 2.03. The van der Waals surface area contributed by atoms with Gasteiger partial charge in [0.25, 0.3) is 16.0 Å². The Morgan fingerprint density at radius 3 is 2.57 bits per heavy atom. The molecule has 8 nitrogen and oxygen atoms in total. The third kappa shape index (κ3) is 7.12. The van der Waals surface area contributed by atoms with Gasteiger partial charge in [-0.05, 0) is 75.9 Å². The fourth-order valence-electron chi connectivity index (χ4n) is 4.66. The first-order chi connectivity index (χ1) is 17.6. The second kappa shape index (κ2) is 12.6. The second-order valence-corrected chi connectivity index (χ2v) is 11.2. The van der Waals surface area contributed by atoms with E-state index in [9.17, 15) is 13.2 Å². The van der Waals surface area contributed by atoms with E-state index in [1.54, 1.807) is 24.3 Å². The van der Waals surface area contributed by atoms with Gasteiger partial charge in [0.15, 0.2) is 11.5 Å². The molecule has 0 spiro atoms. The topological polar surface area (TPSA) is 94.2 Å². The smallest absolute Gasteiger partial charge is 0.296 e. The van der Waals surface area contributed by atoms with Crippen molar-refractivity contribution in [1.82, 2.24) is 10.2 Å². The molecule has 3 rings (SSSR count). The second-order valence-electron chi connectivity index (χ2n) is 9.59. The highest BCUT2D eigenvalue weighted by atomic mass is 32.2. The molecule has 0 aromatic heterocycles. The lowest BCUT2D eigenvalue weighted by Crippen LogP contribution is -2.50. The number of amides is 1. The fraction of sp³-hybridized carbons (Fsp3) is 0.464. The Labute approximate surface area is 220 Å². The minimum Gasteiger partial charge on any atom is -0.493 e. The normalized spacial score (nSPS) is 17.9. The molecule has 0 unspecified atom stereocenters. The molecule has 202 valence electrons. The zero-order valence-corrected chi connectivity index (χ0v) is 23.0. The van der Waals surface area contributed by atoms with Crippen molar-refractivity contribution in [3.63, 3.8) is 0 Å². The SMILES string of the molecule is C=CCN1CCC[C@@]1(C)CNC(=O)c1cc(CCCOS(=O)(=O)c2ccc(C)cc2)cc(OC)c1OC. The maximum absolute atomic E-state index is 13.3. The zero-order valence-electron chi connectivity index (χ0n) is 22.2. The molecule has 0 bridgehead atoms. The molecule has 1 N–H and O–H groups in total. The summed E-state index contributed by atoms with van der Waals surface area (Å²) >= 11 is 0. The van der Waals surface area contributed by atoms with Gasteiger partial charge < -0.3 is 14.8 Å². The number of ether oxygens (including phenoxy) is 2. The van der Waals surface area contributed by atoms with Gasteiger partial charge in [0.1, 0.15) is 0 Å². The molecule has 0 radical (unpaired) electrons. The van der Waals surface area contributed by atoms with E-state index in [2.05, 4.69) is 23.7 Å². The maximum atomic E-state index is 13.3. The number of carbonyl (C=O) groups excluding carboxylic acids is 1. The highest BCUT2D eigenvalue weighted by Crippen LogP contribution is 2.34. The lowest BCUT2D eigenvalue weighted by molar-refractivity contribution is 0.0908. The molecular formula is C28H38N2O6S. The number of carbonyl (C=O) groups is 1. The summed E-state index contributed by atoms with van der Waals surface area (Å²) in [6, 6.07) is 10.1. The summed E-state index contributed by atoms with van der Waals surface area (Å²) in [5, 5.41) is 3.08. The standard InChI is InChI=1S/C28H38N2O6S/c1-6-15-30-16-8-14-28(30,3)20-29-27(31)24-18-22(19-25(34-4)26(24)35-5)9-7-17-36-37(32,33)23-12-10-21(2)11-13-23/h6,10-13,18-19H,1,7-9,14-17,20H2,2-5H3,(H,29,31)/t28-/m0/s1. The molecule has 1 amide bonds. The van der Waals surface area contributed by atoms with Crippen molar-refractivity contribution in [3.05, 3.63) is 65.7 Å². The third-order valence-corrected chi connectivity index (χ3v) is 8.15. The highest BCUT2D eigenvalue weighted by molar-refractivity contribution is 7.86. The molecule has 2 aromatic rings. The van der Waals surface area contributed by atoms with Crippen LogP contribution in [0.5, 0.6) is 11.5 Å². The summed E-state index contributed by atoms with van der Waals surface area (Å²) in [4.78, 5) is 15.7. The van der Waals surface area contributed by atoms with Crippen LogP contribution in [0.15, 0.2) is 53.9 Å². The number of likely N-dealkylation sites (tertiary alicyclic amines) is 1. The van der Waals surface area contributed by atoms with Crippen molar-refractivity contribution in [2.24, 2.45) is 0 Å². The molecule has 1 heterocycles. The Bertz CT molecular complexity index is 1200. The summed E-state index contributed by atoms with van der Waals surface area (Å²) in [6.07, 6.45) is 4.89. The minimum atomic E-state index is -3.83. The molecular weight excluding hydrogens is 492 g/mol. The van der Waals surface area contributed by atoms with E-state index in [1.165, 1.54) is 26.4 Å². The Morgan fingerprint density at radius 1 is 1.19 bits per heavy atom. The fourth-order valence-corrected chi connectivity index (χ4v) is 5.61. The predicted molar refractivity (Wildman–Crippen MR) is 144 cm³/mol. The molecule has 0 saturated carbocycles. The van der Waals surface area contributed by atoms with E-state index in [0.29, 0.717) is 36.4 Å².